The number of nitrogens with zero attached hydrogens (tertiary/aromatic N) is 2. The number of ether oxygens (including phenoxy) is 1. The zero-order valence-electron chi connectivity index (χ0n) is 18.0. The van der Waals surface area contributed by atoms with Crippen molar-refractivity contribution in [1.82, 2.24) is 10.3 Å². The Hall–Kier alpha value is -3.76. The fourth-order valence-corrected chi connectivity index (χ4v) is 3.55. The van der Waals surface area contributed by atoms with Crippen molar-refractivity contribution in [3.8, 4) is 0 Å². The fourth-order valence-electron chi connectivity index (χ4n) is 3.55. The first-order chi connectivity index (χ1) is 16.0. The number of carbonyl (C=O) groups excluding carboxylic acids is 4. The van der Waals surface area contributed by atoms with Crippen LogP contribution < -0.4 is 21.1 Å². The van der Waals surface area contributed by atoms with Gasteiger partial charge in [0.25, 0.3) is 5.91 Å². The molecule has 0 saturated carbocycles. The van der Waals surface area contributed by atoms with Gasteiger partial charge in [-0.25, -0.2) is 5.01 Å². The SMILES string of the molecule is O=C(CN1CCOCC1)Nc1ccc(NC(=O)c2ccc(N3NC(=O)CCC3=O)cc2)cc1. The molecule has 2 saturated heterocycles. The third kappa shape index (κ3) is 5.93. The van der Waals surface area contributed by atoms with Gasteiger partial charge in [0, 0.05) is 42.9 Å². The lowest BCUT2D eigenvalue weighted by Crippen LogP contribution is -2.50. The van der Waals surface area contributed by atoms with Crippen LogP contribution >= 0.6 is 0 Å². The summed E-state index contributed by atoms with van der Waals surface area (Å²) in [6.45, 7) is 3.06. The van der Waals surface area contributed by atoms with Crippen molar-refractivity contribution < 1.29 is 23.9 Å². The van der Waals surface area contributed by atoms with Crippen LogP contribution in [0.15, 0.2) is 48.5 Å². The molecular formula is C23H25N5O5. The van der Waals surface area contributed by atoms with Crippen molar-refractivity contribution in [3.63, 3.8) is 0 Å². The molecule has 2 aromatic carbocycles. The molecule has 4 rings (SSSR count). The monoisotopic (exact) mass is 451 g/mol. The van der Waals surface area contributed by atoms with E-state index in [1.54, 1.807) is 48.5 Å². The Bertz CT molecular complexity index is 1030. The maximum Gasteiger partial charge on any atom is 0.255 e. The molecule has 33 heavy (non-hydrogen) atoms. The summed E-state index contributed by atoms with van der Waals surface area (Å²) in [5.41, 5.74) is 4.63. The van der Waals surface area contributed by atoms with Crippen LogP contribution in [-0.2, 0) is 19.1 Å². The molecule has 10 nitrogen and oxygen atoms in total. The van der Waals surface area contributed by atoms with Gasteiger partial charge in [0.2, 0.25) is 17.7 Å². The second-order valence-electron chi connectivity index (χ2n) is 7.78. The second kappa shape index (κ2) is 10.2. The number of nitrogens with one attached hydrogen (secondary N) is 3. The largest absolute Gasteiger partial charge is 0.379 e. The summed E-state index contributed by atoms with van der Waals surface area (Å²) in [4.78, 5) is 50.3. The van der Waals surface area contributed by atoms with E-state index in [0.717, 1.165) is 13.1 Å². The van der Waals surface area contributed by atoms with Crippen molar-refractivity contribution in [1.29, 1.82) is 0 Å². The molecule has 2 aliphatic heterocycles. The predicted octanol–water partition coefficient (Wildman–Crippen LogP) is 1.37. The van der Waals surface area contributed by atoms with E-state index < -0.39 is 0 Å². The number of amides is 4. The van der Waals surface area contributed by atoms with Crippen molar-refractivity contribution >= 4 is 40.7 Å². The van der Waals surface area contributed by atoms with Crippen LogP contribution in [0.25, 0.3) is 0 Å². The molecule has 2 aromatic rings. The lowest BCUT2D eigenvalue weighted by Gasteiger charge is -2.27. The van der Waals surface area contributed by atoms with Crippen molar-refractivity contribution in [3.05, 3.63) is 54.1 Å². The minimum Gasteiger partial charge on any atom is -0.379 e. The molecule has 10 heteroatoms. The number of rotatable bonds is 6. The van der Waals surface area contributed by atoms with Crippen LogP contribution in [0.5, 0.6) is 0 Å². The summed E-state index contributed by atoms with van der Waals surface area (Å²) < 4.78 is 5.28. The Balaban J connectivity index is 1.30. The van der Waals surface area contributed by atoms with Gasteiger partial charge in [-0.05, 0) is 48.5 Å². The van der Waals surface area contributed by atoms with Gasteiger partial charge in [-0.3, -0.25) is 29.5 Å². The van der Waals surface area contributed by atoms with E-state index in [1.807, 2.05) is 4.90 Å². The minimum absolute atomic E-state index is 0.0999. The summed E-state index contributed by atoms with van der Waals surface area (Å²) >= 11 is 0. The standard InChI is InChI=1S/C23H25N5O5/c29-20-9-10-22(31)28(26-20)19-7-1-16(2-8-19)23(32)25-18-5-3-17(4-6-18)24-21(30)15-27-11-13-33-14-12-27/h1-8H,9-15H2,(H,24,30)(H,25,32)(H,26,29). The van der Waals surface area contributed by atoms with Crippen LogP contribution in [0.1, 0.15) is 23.2 Å². The maximum atomic E-state index is 12.6. The van der Waals surface area contributed by atoms with E-state index in [9.17, 15) is 19.2 Å². The highest BCUT2D eigenvalue weighted by atomic mass is 16.5. The van der Waals surface area contributed by atoms with Gasteiger partial charge in [-0.15, -0.1) is 0 Å². The van der Waals surface area contributed by atoms with E-state index >= 15 is 0 Å². The van der Waals surface area contributed by atoms with Gasteiger partial charge in [-0.1, -0.05) is 0 Å². The van der Waals surface area contributed by atoms with Crippen LogP contribution in [-0.4, -0.2) is 61.4 Å². The Labute approximate surface area is 190 Å². The van der Waals surface area contributed by atoms with Gasteiger partial charge in [0.1, 0.15) is 0 Å². The van der Waals surface area contributed by atoms with E-state index in [2.05, 4.69) is 16.1 Å². The van der Waals surface area contributed by atoms with E-state index in [4.69, 9.17) is 4.74 Å². The van der Waals surface area contributed by atoms with Gasteiger partial charge >= 0.3 is 0 Å². The second-order valence-corrected chi connectivity index (χ2v) is 7.78. The van der Waals surface area contributed by atoms with Crippen LogP contribution in [0.4, 0.5) is 17.1 Å². The molecule has 0 atom stereocenters. The number of hydrogen-bond acceptors (Lipinski definition) is 6. The summed E-state index contributed by atoms with van der Waals surface area (Å²) in [5.74, 6) is -0.849. The van der Waals surface area contributed by atoms with Crippen LogP contribution in [0.3, 0.4) is 0 Å². The molecule has 4 amide bonds. The molecule has 0 aromatic heterocycles. The van der Waals surface area contributed by atoms with Crippen molar-refractivity contribution in [2.45, 2.75) is 12.8 Å². The molecule has 172 valence electrons. The highest BCUT2D eigenvalue weighted by molar-refractivity contribution is 6.05. The lowest BCUT2D eigenvalue weighted by molar-refractivity contribution is -0.130. The zero-order valence-corrected chi connectivity index (χ0v) is 18.0. The Morgan fingerprint density at radius 3 is 2.18 bits per heavy atom. The zero-order chi connectivity index (χ0) is 23.2. The smallest absolute Gasteiger partial charge is 0.255 e. The molecule has 3 N–H and O–H groups in total. The average molecular weight is 451 g/mol. The molecule has 0 spiro atoms. The maximum absolute atomic E-state index is 12.6. The fraction of sp³-hybridized carbons (Fsp3) is 0.304. The quantitative estimate of drug-likeness (QED) is 0.610. The van der Waals surface area contributed by atoms with Crippen molar-refractivity contribution in [2.75, 3.05) is 48.5 Å². The highest BCUT2D eigenvalue weighted by Gasteiger charge is 2.24. The lowest BCUT2D eigenvalue weighted by atomic mass is 10.1. The van der Waals surface area contributed by atoms with Crippen LogP contribution in [0.2, 0.25) is 0 Å². The number of benzene rings is 2. The number of hydrazine groups is 1. The van der Waals surface area contributed by atoms with E-state index in [-0.39, 0.29) is 36.5 Å². The van der Waals surface area contributed by atoms with E-state index in [0.29, 0.717) is 42.4 Å². The molecule has 0 aliphatic carbocycles. The molecule has 0 bridgehead atoms. The van der Waals surface area contributed by atoms with Gasteiger partial charge in [-0.2, -0.15) is 0 Å². The third-order valence-electron chi connectivity index (χ3n) is 5.34. The highest BCUT2D eigenvalue weighted by Crippen LogP contribution is 2.19. The normalized spacial score (nSPS) is 16.8. The molecule has 0 radical (unpaired) electrons. The van der Waals surface area contributed by atoms with Crippen LogP contribution in [0, 0.1) is 0 Å². The number of anilines is 3. The molecule has 2 fully saturated rings. The van der Waals surface area contributed by atoms with Crippen molar-refractivity contribution in [2.24, 2.45) is 0 Å². The number of hydrogen-bond donors (Lipinski definition) is 3. The first-order valence-electron chi connectivity index (χ1n) is 10.7. The summed E-state index contributed by atoms with van der Waals surface area (Å²) in [6.07, 6.45) is 0.323. The summed E-state index contributed by atoms with van der Waals surface area (Å²) in [7, 11) is 0. The molecular weight excluding hydrogens is 426 g/mol. The first kappa shape index (κ1) is 22.4. The van der Waals surface area contributed by atoms with Gasteiger partial charge in [0.15, 0.2) is 0 Å². The molecule has 2 heterocycles. The molecule has 2 aliphatic rings. The Kier molecular flexibility index (Phi) is 6.96. The third-order valence-corrected chi connectivity index (χ3v) is 5.34. The summed E-state index contributed by atoms with van der Waals surface area (Å²) in [6, 6.07) is 13.2. The topological polar surface area (TPSA) is 120 Å². The minimum atomic E-state index is -0.320. The molecule has 0 unspecified atom stereocenters. The number of morpholine rings is 1. The summed E-state index contributed by atoms with van der Waals surface area (Å²) in [5, 5.41) is 6.84. The van der Waals surface area contributed by atoms with Gasteiger partial charge < -0.3 is 15.4 Å². The predicted molar refractivity (Wildman–Crippen MR) is 122 cm³/mol. The average Bonchev–Trinajstić information content (AvgIpc) is 2.82. The number of carbonyl (C=O) groups is 4. The Morgan fingerprint density at radius 2 is 1.52 bits per heavy atom. The van der Waals surface area contributed by atoms with E-state index in [1.165, 1.54) is 5.01 Å². The Morgan fingerprint density at radius 1 is 0.879 bits per heavy atom. The van der Waals surface area contributed by atoms with Gasteiger partial charge in [0.05, 0.1) is 25.4 Å². The first-order valence-corrected chi connectivity index (χ1v) is 10.7.